The van der Waals surface area contributed by atoms with Gasteiger partial charge in [-0.15, -0.1) is 0 Å². The van der Waals surface area contributed by atoms with Crippen molar-refractivity contribution in [2.75, 3.05) is 33.7 Å². The van der Waals surface area contributed by atoms with Gasteiger partial charge in [0.15, 0.2) is 0 Å². The SMILES string of the molecule is CCCCCCCCCCCC[N+](C)(C)CCCCCCCCCCCCN. The van der Waals surface area contributed by atoms with Crippen LogP contribution in [0, 0.1) is 0 Å². The van der Waals surface area contributed by atoms with Crippen molar-refractivity contribution in [1.29, 1.82) is 0 Å². The fourth-order valence-corrected chi connectivity index (χ4v) is 4.24. The summed E-state index contributed by atoms with van der Waals surface area (Å²) in [6.07, 6.45) is 28.4. The zero-order valence-corrected chi connectivity index (χ0v) is 20.3. The van der Waals surface area contributed by atoms with Gasteiger partial charge in [0.2, 0.25) is 0 Å². The van der Waals surface area contributed by atoms with E-state index in [1.165, 1.54) is 146 Å². The van der Waals surface area contributed by atoms with Crippen molar-refractivity contribution in [2.45, 2.75) is 135 Å². The molecule has 0 radical (unpaired) electrons. The molecule has 0 saturated carbocycles. The van der Waals surface area contributed by atoms with Crippen LogP contribution in [0.4, 0.5) is 0 Å². The molecule has 28 heavy (non-hydrogen) atoms. The first-order chi connectivity index (χ1) is 13.6. The van der Waals surface area contributed by atoms with Crippen molar-refractivity contribution < 1.29 is 4.48 Å². The molecule has 0 saturated heterocycles. The fourth-order valence-electron chi connectivity index (χ4n) is 4.24. The molecule has 2 heteroatoms. The molecule has 0 bridgehead atoms. The zero-order valence-electron chi connectivity index (χ0n) is 20.3. The van der Waals surface area contributed by atoms with Crippen LogP contribution in [0.15, 0.2) is 0 Å². The first-order valence-corrected chi connectivity index (χ1v) is 13.1. The molecule has 0 atom stereocenters. The topological polar surface area (TPSA) is 26.0 Å². The highest BCUT2D eigenvalue weighted by Gasteiger charge is 2.13. The summed E-state index contributed by atoms with van der Waals surface area (Å²) in [7, 11) is 4.88. The molecule has 0 aliphatic heterocycles. The van der Waals surface area contributed by atoms with Gasteiger partial charge in [0.1, 0.15) is 0 Å². The second-order valence-electron chi connectivity index (χ2n) is 9.89. The van der Waals surface area contributed by atoms with Crippen molar-refractivity contribution in [3.63, 3.8) is 0 Å². The lowest BCUT2D eigenvalue weighted by Crippen LogP contribution is -2.41. The van der Waals surface area contributed by atoms with Crippen molar-refractivity contribution >= 4 is 0 Å². The lowest BCUT2D eigenvalue weighted by atomic mass is 10.1. The van der Waals surface area contributed by atoms with Gasteiger partial charge in [0, 0.05) is 0 Å². The van der Waals surface area contributed by atoms with Gasteiger partial charge in [-0.3, -0.25) is 0 Å². The third-order valence-corrected chi connectivity index (χ3v) is 6.33. The van der Waals surface area contributed by atoms with E-state index in [9.17, 15) is 0 Å². The van der Waals surface area contributed by atoms with E-state index in [-0.39, 0.29) is 0 Å². The van der Waals surface area contributed by atoms with Gasteiger partial charge in [0.05, 0.1) is 27.2 Å². The normalized spacial score (nSPS) is 12.0. The molecule has 0 aliphatic rings. The lowest BCUT2D eigenvalue weighted by Gasteiger charge is -2.30. The Morgan fingerprint density at radius 1 is 0.429 bits per heavy atom. The molecule has 0 aromatic heterocycles. The Labute approximate surface area is 179 Å². The highest BCUT2D eigenvalue weighted by molar-refractivity contribution is 4.50. The van der Waals surface area contributed by atoms with Gasteiger partial charge in [-0.1, -0.05) is 103 Å². The van der Waals surface area contributed by atoms with Crippen LogP contribution in [-0.2, 0) is 0 Å². The minimum atomic E-state index is 0.869. The molecule has 0 aromatic rings. The first kappa shape index (κ1) is 27.9. The lowest BCUT2D eigenvalue weighted by molar-refractivity contribution is -0.890. The number of rotatable bonds is 23. The molecule has 0 fully saturated rings. The number of quaternary nitrogens is 1. The number of hydrogen-bond acceptors (Lipinski definition) is 1. The van der Waals surface area contributed by atoms with E-state index in [1.54, 1.807) is 0 Å². The van der Waals surface area contributed by atoms with Crippen molar-refractivity contribution in [1.82, 2.24) is 0 Å². The number of hydrogen-bond donors (Lipinski definition) is 1. The van der Waals surface area contributed by atoms with E-state index in [2.05, 4.69) is 21.0 Å². The summed E-state index contributed by atoms with van der Waals surface area (Å²) in [5.74, 6) is 0. The van der Waals surface area contributed by atoms with E-state index in [0.29, 0.717) is 0 Å². The van der Waals surface area contributed by atoms with Crippen molar-refractivity contribution in [2.24, 2.45) is 5.73 Å². The third-order valence-electron chi connectivity index (χ3n) is 6.33. The van der Waals surface area contributed by atoms with Gasteiger partial charge in [-0.05, 0) is 38.6 Å². The minimum absolute atomic E-state index is 0.869. The van der Waals surface area contributed by atoms with Crippen molar-refractivity contribution in [3.8, 4) is 0 Å². The summed E-state index contributed by atoms with van der Waals surface area (Å²) in [5.41, 5.74) is 5.54. The molecule has 0 spiro atoms. The molecule has 0 amide bonds. The monoisotopic (exact) mass is 397 g/mol. The van der Waals surface area contributed by atoms with Gasteiger partial charge in [-0.2, -0.15) is 0 Å². The van der Waals surface area contributed by atoms with E-state index in [1.807, 2.05) is 0 Å². The predicted molar refractivity (Wildman–Crippen MR) is 129 cm³/mol. The molecular formula is C26H57N2+. The van der Waals surface area contributed by atoms with Gasteiger partial charge in [0.25, 0.3) is 0 Å². The van der Waals surface area contributed by atoms with Crippen LogP contribution in [0.3, 0.4) is 0 Å². The number of nitrogens with two attached hydrogens (primary N) is 1. The summed E-state index contributed by atoms with van der Waals surface area (Å²) in [6.45, 7) is 5.91. The molecule has 0 rings (SSSR count). The van der Waals surface area contributed by atoms with Gasteiger partial charge in [-0.25, -0.2) is 0 Å². The van der Waals surface area contributed by atoms with E-state index in [0.717, 1.165) is 6.54 Å². The average Bonchev–Trinajstić information content (AvgIpc) is 2.67. The van der Waals surface area contributed by atoms with E-state index in [4.69, 9.17) is 5.73 Å². The fraction of sp³-hybridized carbons (Fsp3) is 1.00. The Morgan fingerprint density at radius 3 is 1.04 bits per heavy atom. The Balaban J connectivity index is 3.30. The van der Waals surface area contributed by atoms with Crippen LogP contribution < -0.4 is 5.73 Å². The number of nitrogens with zero attached hydrogens (tertiary/aromatic N) is 1. The number of unbranched alkanes of at least 4 members (excludes halogenated alkanes) is 18. The van der Waals surface area contributed by atoms with Gasteiger partial charge < -0.3 is 10.2 Å². The minimum Gasteiger partial charge on any atom is -0.330 e. The van der Waals surface area contributed by atoms with E-state index < -0.39 is 0 Å². The zero-order chi connectivity index (χ0) is 20.8. The second kappa shape index (κ2) is 21.6. The Hall–Kier alpha value is -0.0800. The molecule has 2 N–H and O–H groups in total. The highest BCUT2D eigenvalue weighted by atomic mass is 15.3. The Kier molecular flexibility index (Phi) is 21.6. The summed E-state index contributed by atoms with van der Waals surface area (Å²) < 4.78 is 1.23. The van der Waals surface area contributed by atoms with Crippen LogP contribution >= 0.6 is 0 Å². The van der Waals surface area contributed by atoms with Crippen LogP contribution in [0.25, 0.3) is 0 Å². The maximum atomic E-state index is 5.54. The summed E-state index contributed by atoms with van der Waals surface area (Å²) in [6, 6.07) is 0. The van der Waals surface area contributed by atoms with Gasteiger partial charge >= 0.3 is 0 Å². The molecule has 0 unspecified atom stereocenters. The highest BCUT2D eigenvalue weighted by Crippen LogP contribution is 2.14. The Morgan fingerprint density at radius 2 is 0.714 bits per heavy atom. The quantitative estimate of drug-likeness (QED) is 0.138. The van der Waals surface area contributed by atoms with Crippen LogP contribution in [-0.4, -0.2) is 38.2 Å². The maximum Gasteiger partial charge on any atom is 0.0782 e. The van der Waals surface area contributed by atoms with Crippen molar-refractivity contribution in [3.05, 3.63) is 0 Å². The second-order valence-corrected chi connectivity index (χ2v) is 9.89. The summed E-state index contributed by atoms with van der Waals surface area (Å²) in [4.78, 5) is 0. The molecule has 0 aromatic carbocycles. The standard InChI is InChI=1S/C26H57N2/c1-4-5-6-7-8-9-13-16-19-22-25-28(2,3)26-23-20-17-14-11-10-12-15-18-21-24-27/h4-27H2,1-3H3/q+1. The van der Waals surface area contributed by atoms with Crippen LogP contribution in [0.2, 0.25) is 0 Å². The molecule has 170 valence electrons. The summed E-state index contributed by atoms with van der Waals surface area (Å²) in [5, 5.41) is 0. The molecule has 2 nitrogen and oxygen atoms in total. The molecule has 0 aliphatic carbocycles. The smallest absolute Gasteiger partial charge is 0.0782 e. The maximum absolute atomic E-state index is 5.54. The Bertz CT molecular complexity index is 288. The van der Waals surface area contributed by atoms with E-state index >= 15 is 0 Å². The predicted octanol–water partition coefficient (Wildman–Crippen LogP) is 7.84. The largest absolute Gasteiger partial charge is 0.330 e. The average molecular weight is 398 g/mol. The third kappa shape index (κ3) is 22.2. The molecule has 0 heterocycles. The van der Waals surface area contributed by atoms with Crippen LogP contribution in [0.5, 0.6) is 0 Å². The summed E-state index contributed by atoms with van der Waals surface area (Å²) >= 11 is 0. The molecular weight excluding hydrogens is 340 g/mol. The van der Waals surface area contributed by atoms with Crippen LogP contribution in [0.1, 0.15) is 135 Å². The first-order valence-electron chi connectivity index (χ1n) is 13.1.